The van der Waals surface area contributed by atoms with Crippen molar-refractivity contribution in [2.75, 3.05) is 16.8 Å². The van der Waals surface area contributed by atoms with Gasteiger partial charge >= 0.3 is 5.69 Å². The normalized spacial score (nSPS) is 17.1. The van der Waals surface area contributed by atoms with Gasteiger partial charge in [-0.25, -0.2) is 9.97 Å². The average Bonchev–Trinajstić information content (AvgIpc) is 2.68. The van der Waals surface area contributed by atoms with Crippen LogP contribution in [0.1, 0.15) is 26.2 Å². The Kier molecular flexibility index (Phi) is 4.58. The van der Waals surface area contributed by atoms with E-state index in [1.165, 1.54) is 6.33 Å². The van der Waals surface area contributed by atoms with Crippen molar-refractivity contribution in [3.8, 4) is 0 Å². The fourth-order valence-corrected chi connectivity index (χ4v) is 3.71. The van der Waals surface area contributed by atoms with Gasteiger partial charge in [0, 0.05) is 23.7 Å². The quantitative estimate of drug-likeness (QED) is 0.536. The maximum absolute atomic E-state index is 11.9. The zero-order valence-electron chi connectivity index (χ0n) is 15.1. The van der Waals surface area contributed by atoms with Gasteiger partial charge in [-0.3, -0.25) is 10.1 Å². The van der Waals surface area contributed by atoms with Crippen molar-refractivity contribution in [1.29, 1.82) is 0 Å². The Morgan fingerprint density at radius 2 is 1.96 bits per heavy atom. The van der Waals surface area contributed by atoms with Crippen LogP contribution in [0.15, 0.2) is 48.8 Å². The zero-order chi connectivity index (χ0) is 18.8. The lowest BCUT2D eigenvalue weighted by atomic mass is 10.0. The molecule has 0 aliphatic carbocycles. The lowest BCUT2D eigenvalue weighted by molar-refractivity contribution is -0.383. The first-order chi connectivity index (χ1) is 13.1. The molecule has 0 spiro atoms. The first-order valence-corrected chi connectivity index (χ1v) is 9.16. The monoisotopic (exact) mass is 363 g/mol. The van der Waals surface area contributed by atoms with Gasteiger partial charge in [0.1, 0.15) is 6.33 Å². The molecule has 1 fully saturated rings. The Morgan fingerprint density at radius 3 is 2.78 bits per heavy atom. The molecule has 0 bridgehead atoms. The van der Waals surface area contributed by atoms with Gasteiger partial charge in [-0.15, -0.1) is 0 Å². The smallest absolute Gasteiger partial charge is 0.348 e. The Balaban J connectivity index is 1.79. The molecule has 2 heterocycles. The summed E-state index contributed by atoms with van der Waals surface area (Å²) >= 11 is 0. The highest BCUT2D eigenvalue weighted by Gasteiger charge is 2.30. The van der Waals surface area contributed by atoms with E-state index in [1.54, 1.807) is 0 Å². The molecule has 1 aromatic heterocycles. The average molecular weight is 363 g/mol. The van der Waals surface area contributed by atoms with E-state index in [-0.39, 0.29) is 22.5 Å². The van der Waals surface area contributed by atoms with Crippen LogP contribution in [0, 0.1) is 10.1 Å². The van der Waals surface area contributed by atoms with Crippen LogP contribution in [-0.4, -0.2) is 27.5 Å². The van der Waals surface area contributed by atoms with Gasteiger partial charge in [-0.2, -0.15) is 0 Å². The number of nitro groups is 1. The van der Waals surface area contributed by atoms with E-state index in [1.807, 2.05) is 47.4 Å². The van der Waals surface area contributed by atoms with Crippen molar-refractivity contribution in [3.63, 3.8) is 0 Å². The molecule has 7 nitrogen and oxygen atoms in total. The first-order valence-electron chi connectivity index (χ1n) is 9.16. The summed E-state index contributed by atoms with van der Waals surface area (Å²) in [6.45, 7) is 2.86. The van der Waals surface area contributed by atoms with Crippen molar-refractivity contribution >= 4 is 33.8 Å². The molecule has 1 N–H and O–H groups in total. The van der Waals surface area contributed by atoms with E-state index in [0.29, 0.717) is 5.82 Å². The molecule has 1 unspecified atom stereocenters. The highest BCUT2D eigenvalue weighted by atomic mass is 16.6. The number of aromatic nitrogens is 2. The number of nitrogens with zero attached hydrogens (tertiary/aromatic N) is 4. The van der Waals surface area contributed by atoms with E-state index in [2.05, 4.69) is 22.2 Å². The summed E-state index contributed by atoms with van der Waals surface area (Å²) in [6.07, 6.45) is 4.56. The molecule has 4 rings (SSSR count). The Morgan fingerprint density at radius 1 is 1.15 bits per heavy atom. The molecule has 1 aliphatic rings. The molecule has 1 aliphatic heterocycles. The van der Waals surface area contributed by atoms with Crippen LogP contribution in [0.25, 0.3) is 10.8 Å². The fourth-order valence-electron chi connectivity index (χ4n) is 3.71. The number of piperidine rings is 1. The largest absolute Gasteiger partial charge is 0.353 e. The second-order valence-electron chi connectivity index (χ2n) is 6.84. The summed E-state index contributed by atoms with van der Waals surface area (Å²) in [5.41, 5.74) is 0.715. The molecule has 7 heteroatoms. The summed E-state index contributed by atoms with van der Waals surface area (Å²) in [7, 11) is 0. The molecule has 0 radical (unpaired) electrons. The molecular formula is C20H21N5O2. The number of anilines is 3. The Bertz CT molecular complexity index is 986. The minimum Gasteiger partial charge on any atom is -0.348 e. The number of fused-ring (bicyclic) bond motifs is 1. The summed E-state index contributed by atoms with van der Waals surface area (Å²) in [5, 5.41) is 17.1. The van der Waals surface area contributed by atoms with E-state index >= 15 is 0 Å². The van der Waals surface area contributed by atoms with Crippen LogP contribution in [-0.2, 0) is 0 Å². The molecule has 0 saturated carbocycles. The van der Waals surface area contributed by atoms with Crippen molar-refractivity contribution in [2.24, 2.45) is 0 Å². The van der Waals surface area contributed by atoms with Crippen LogP contribution < -0.4 is 10.2 Å². The molecule has 3 aromatic rings. The molecule has 138 valence electrons. The maximum Gasteiger partial charge on any atom is 0.353 e. The number of rotatable bonds is 4. The third-order valence-corrected chi connectivity index (χ3v) is 5.10. The molecule has 1 saturated heterocycles. The third-order valence-electron chi connectivity index (χ3n) is 5.10. The van der Waals surface area contributed by atoms with Gasteiger partial charge in [0.2, 0.25) is 11.6 Å². The lowest BCUT2D eigenvalue weighted by Gasteiger charge is -2.33. The number of hydrogen-bond acceptors (Lipinski definition) is 6. The van der Waals surface area contributed by atoms with Crippen LogP contribution in [0.5, 0.6) is 0 Å². The standard InChI is InChI=1S/C20H21N5O2/c1-14-7-4-5-12-24(14)20-18(25(26)27)19(21-13-22-20)23-17-11-6-9-15-8-2-3-10-16(15)17/h2-3,6,8-11,13-14H,4-5,7,12H2,1H3,(H,21,22,23). The maximum atomic E-state index is 11.9. The van der Waals surface area contributed by atoms with Gasteiger partial charge in [-0.05, 0) is 37.6 Å². The van der Waals surface area contributed by atoms with Crippen LogP contribution in [0.2, 0.25) is 0 Å². The second kappa shape index (κ2) is 7.19. The Labute approximate surface area is 157 Å². The number of hydrogen-bond donors (Lipinski definition) is 1. The summed E-state index contributed by atoms with van der Waals surface area (Å²) in [4.78, 5) is 22.0. The fraction of sp³-hybridized carbons (Fsp3) is 0.300. The van der Waals surface area contributed by atoms with Gasteiger partial charge < -0.3 is 10.2 Å². The second-order valence-corrected chi connectivity index (χ2v) is 6.84. The third kappa shape index (κ3) is 3.28. The molecule has 27 heavy (non-hydrogen) atoms. The van der Waals surface area contributed by atoms with E-state index in [4.69, 9.17) is 0 Å². The van der Waals surface area contributed by atoms with Crippen molar-refractivity contribution < 1.29 is 4.92 Å². The van der Waals surface area contributed by atoms with Gasteiger partial charge in [-0.1, -0.05) is 36.4 Å². The first kappa shape index (κ1) is 17.2. The topological polar surface area (TPSA) is 84.2 Å². The molecule has 2 aromatic carbocycles. The molecular weight excluding hydrogens is 342 g/mol. The zero-order valence-corrected chi connectivity index (χ0v) is 15.1. The Hall–Kier alpha value is -3.22. The summed E-state index contributed by atoms with van der Waals surface area (Å²) < 4.78 is 0. The summed E-state index contributed by atoms with van der Waals surface area (Å²) in [6, 6.07) is 14.0. The molecule has 1 atom stereocenters. The van der Waals surface area contributed by atoms with E-state index in [0.717, 1.165) is 42.3 Å². The van der Waals surface area contributed by atoms with Crippen molar-refractivity contribution in [2.45, 2.75) is 32.2 Å². The SMILES string of the molecule is CC1CCCCN1c1ncnc(Nc2cccc3ccccc23)c1[N+](=O)[O-]. The highest BCUT2D eigenvalue weighted by Crippen LogP contribution is 2.37. The predicted octanol–water partition coefficient (Wildman–Crippen LogP) is 4.66. The van der Waals surface area contributed by atoms with E-state index < -0.39 is 0 Å². The van der Waals surface area contributed by atoms with Gasteiger partial charge in [0.05, 0.1) is 4.92 Å². The lowest BCUT2D eigenvalue weighted by Crippen LogP contribution is -2.38. The summed E-state index contributed by atoms with van der Waals surface area (Å²) in [5.74, 6) is 0.615. The van der Waals surface area contributed by atoms with Crippen molar-refractivity contribution in [3.05, 3.63) is 58.9 Å². The number of nitrogens with one attached hydrogen (secondary N) is 1. The van der Waals surface area contributed by atoms with Crippen LogP contribution in [0.3, 0.4) is 0 Å². The predicted molar refractivity (Wildman–Crippen MR) is 107 cm³/mol. The van der Waals surface area contributed by atoms with Gasteiger partial charge in [0.25, 0.3) is 0 Å². The van der Waals surface area contributed by atoms with E-state index in [9.17, 15) is 10.1 Å². The minimum absolute atomic E-state index is 0.0702. The van der Waals surface area contributed by atoms with Gasteiger partial charge in [0.15, 0.2) is 0 Å². The number of benzene rings is 2. The molecule has 0 amide bonds. The highest BCUT2D eigenvalue weighted by molar-refractivity contribution is 5.96. The van der Waals surface area contributed by atoms with Crippen LogP contribution in [0.4, 0.5) is 23.0 Å². The minimum atomic E-state index is -0.385. The van der Waals surface area contributed by atoms with Crippen molar-refractivity contribution in [1.82, 2.24) is 9.97 Å². The van der Waals surface area contributed by atoms with Crippen LogP contribution >= 0.6 is 0 Å².